The summed E-state index contributed by atoms with van der Waals surface area (Å²) in [6.45, 7) is 1.38. The van der Waals surface area contributed by atoms with Crippen molar-refractivity contribution in [2.45, 2.75) is 13.1 Å². The summed E-state index contributed by atoms with van der Waals surface area (Å²) < 4.78 is 6.92. The van der Waals surface area contributed by atoms with Gasteiger partial charge < -0.3 is 15.8 Å². The molecular formula is C16H16Br2N2O2. The summed E-state index contributed by atoms with van der Waals surface area (Å²) in [5.41, 5.74) is 7.42. The lowest BCUT2D eigenvalue weighted by Crippen LogP contribution is -2.20. The van der Waals surface area contributed by atoms with Crippen molar-refractivity contribution >= 4 is 37.8 Å². The number of carbonyl (C=O) groups excluding carboxylic acids is 1. The van der Waals surface area contributed by atoms with Crippen LogP contribution in [0.3, 0.4) is 0 Å². The monoisotopic (exact) mass is 426 g/mol. The second kappa shape index (κ2) is 8.31. The van der Waals surface area contributed by atoms with Crippen LogP contribution in [0.5, 0.6) is 5.75 Å². The largest absolute Gasteiger partial charge is 0.481 e. The number of hydrogen-bond donors (Lipinski definition) is 2. The van der Waals surface area contributed by atoms with Crippen molar-refractivity contribution in [3.05, 3.63) is 62.5 Å². The summed E-state index contributed by atoms with van der Waals surface area (Å²) in [6, 6.07) is 14.1. The summed E-state index contributed by atoms with van der Waals surface area (Å²) in [7, 11) is 0. The second-order valence-electron chi connectivity index (χ2n) is 4.73. The Morgan fingerprint density at radius 1 is 1.05 bits per heavy atom. The van der Waals surface area contributed by atoms with Gasteiger partial charge in [-0.3, -0.25) is 4.79 Å². The Bertz CT molecular complexity index is 625. The Hall–Kier alpha value is -1.37. The van der Waals surface area contributed by atoms with E-state index >= 15 is 0 Å². The molecule has 4 nitrogen and oxygen atoms in total. The van der Waals surface area contributed by atoms with E-state index in [0.717, 1.165) is 27.6 Å². The van der Waals surface area contributed by atoms with Crippen molar-refractivity contribution in [1.82, 2.24) is 5.32 Å². The Morgan fingerprint density at radius 3 is 2.23 bits per heavy atom. The predicted molar refractivity (Wildman–Crippen MR) is 93.5 cm³/mol. The molecule has 0 radical (unpaired) electrons. The van der Waals surface area contributed by atoms with Gasteiger partial charge in [-0.25, -0.2) is 0 Å². The topological polar surface area (TPSA) is 64.4 Å². The molecule has 0 saturated carbocycles. The molecule has 0 aromatic heterocycles. The average Bonchev–Trinajstić information content (AvgIpc) is 2.47. The summed E-state index contributed by atoms with van der Waals surface area (Å²) >= 11 is 6.90. The lowest BCUT2D eigenvalue weighted by molar-refractivity contribution is -0.119. The molecule has 0 aliphatic carbocycles. The molecule has 0 atom stereocenters. The van der Waals surface area contributed by atoms with Crippen LogP contribution in [0.2, 0.25) is 0 Å². The van der Waals surface area contributed by atoms with Crippen LogP contribution in [0.15, 0.2) is 51.4 Å². The van der Waals surface area contributed by atoms with Crippen molar-refractivity contribution in [2.24, 2.45) is 5.73 Å². The molecule has 0 aliphatic heterocycles. The Kier molecular flexibility index (Phi) is 6.42. The minimum atomic E-state index is -0.507. The van der Waals surface area contributed by atoms with Crippen molar-refractivity contribution in [3.63, 3.8) is 0 Å². The third-order valence-corrected chi connectivity index (χ3v) is 4.10. The number of ether oxygens (including phenoxy) is 1. The zero-order chi connectivity index (χ0) is 15.9. The van der Waals surface area contributed by atoms with Gasteiger partial charge in [-0.1, -0.05) is 30.3 Å². The van der Waals surface area contributed by atoms with Gasteiger partial charge in [0, 0.05) is 13.1 Å². The van der Waals surface area contributed by atoms with Gasteiger partial charge in [0.15, 0.2) is 6.61 Å². The van der Waals surface area contributed by atoms with Gasteiger partial charge in [0.25, 0.3) is 5.91 Å². The molecule has 6 heteroatoms. The van der Waals surface area contributed by atoms with E-state index in [1.165, 1.54) is 5.56 Å². The maximum absolute atomic E-state index is 10.8. The summed E-state index contributed by atoms with van der Waals surface area (Å²) in [5.74, 6) is 0.0676. The highest BCUT2D eigenvalue weighted by Gasteiger charge is 2.10. The molecule has 2 aromatic carbocycles. The Morgan fingerprint density at radius 2 is 1.64 bits per heavy atom. The molecule has 0 unspecified atom stereocenters. The molecule has 2 aromatic rings. The third-order valence-electron chi connectivity index (χ3n) is 2.92. The van der Waals surface area contributed by atoms with Crippen LogP contribution in [0.4, 0.5) is 0 Å². The lowest BCUT2D eigenvalue weighted by atomic mass is 10.2. The molecule has 0 saturated heterocycles. The van der Waals surface area contributed by atoms with E-state index in [4.69, 9.17) is 10.5 Å². The predicted octanol–water partition coefficient (Wildman–Crippen LogP) is 3.37. The Balaban J connectivity index is 1.96. The number of benzene rings is 2. The van der Waals surface area contributed by atoms with E-state index in [1.54, 1.807) is 0 Å². The molecule has 1 amide bonds. The van der Waals surface area contributed by atoms with Gasteiger partial charge in [-0.05, 0) is 55.1 Å². The first-order valence-electron chi connectivity index (χ1n) is 6.70. The van der Waals surface area contributed by atoms with Gasteiger partial charge in [0.2, 0.25) is 0 Å². The number of halogens is 2. The Labute approximate surface area is 146 Å². The van der Waals surface area contributed by atoms with Gasteiger partial charge >= 0.3 is 0 Å². The summed E-state index contributed by atoms with van der Waals surface area (Å²) in [6.07, 6.45) is 0. The third kappa shape index (κ3) is 5.12. The summed E-state index contributed by atoms with van der Waals surface area (Å²) in [4.78, 5) is 10.8. The molecule has 0 fully saturated rings. The van der Waals surface area contributed by atoms with Gasteiger partial charge in [0.1, 0.15) is 5.75 Å². The first kappa shape index (κ1) is 17.0. The minimum absolute atomic E-state index is 0.150. The smallest absolute Gasteiger partial charge is 0.255 e. The number of nitrogens with two attached hydrogens (primary N) is 1. The normalized spacial score (nSPS) is 10.5. The van der Waals surface area contributed by atoms with E-state index in [9.17, 15) is 4.79 Å². The molecule has 0 heterocycles. The van der Waals surface area contributed by atoms with E-state index in [0.29, 0.717) is 5.75 Å². The molecule has 0 bridgehead atoms. The van der Waals surface area contributed by atoms with E-state index in [2.05, 4.69) is 49.3 Å². The standard InChI is InChI=1S/C16H16Br2N2O2/c17-13-6-12(7-14(18)16(13)22-10-15(19)21)9-20-8-11-4-2-1-3-5-11/h1-7,20H,8-10H2,(H2,19,21). The fourth-order valence-corrected chi connectivity index (χ4v) is 3.45. The number of rotatable bonds is 7. The second-order valence-corrected chi connectivity index (χ2v) is 6.44. The number of hydrogen-bond acceptors (Lipinski definition) is 3. The number of primary amides is 1. The maximum atomic E-state index is 10.8. The van der Waals surface area contributed by atoms with Gasteiger partial charge in [-0.15, -0.1) is 0 Å². The highest BCUT2D eigenvalue weighted by atomic mass is 79.9. The minimum Gasteiger partial charge on any atom is -0.481 e. The van der Waals surface area contributed by atoms with Crippen LogP contribution >= 0.6 is 31.9 Å². The molecule has 0 aliphatic rings. The quantitative estimate of drug-likeness (QED) is 0.711. The van der Waals surface area contributed by atoms with Crippen LogP contribution in [0, 0.1) is 0 Å². The van der Waals surface area contributed by atoms with Crippen molar-refractivity contribution in [2.75, 3.05) is 6.61 Å². The zero-order valence-corrected chi connectivity index (χ0v) is 15.0. The molecule has 116 valence electrons. The van der Waals surface area contributed by atoms with E-state index in [-0.39, 0.29) is 6.61 Å². The van der Waals surface area contributed by atoms with Crippen LogP contribution < -0.4 is 15.8 Å². The fourth-order valence-electron chi connectivity index (χ4n) is 1.94. The lowest BCUT2D eigenvalue weighted by Gasteiger charge is -2.12. The fraction of sp³-hybridized carbons (Fsp3) is 0.188. The number of amides is 1. The highest BCUT2D eigenvalue weighted by molar-refractivity contribution is 9.11. The van der Waals surface area contributed by atoms with Gasteiger partial charge in [0.05, 0.1) is 8.95 Å². The van der Waals surface area contributed by atoms with E-state index in [1.807, 2.05) is 30.3 Å². The van der Waals surface area contributed by atoms with Crippen molar-refractivity contribution < 1.29 is 9.53 Å². The molecule has 22 heavy (non-hydrogen) atoms. The molecular weight excluding hydrogens is 412 g/mol. The highest BCUT2D eigenvalue weighted by Crippen LogP contribution is 2.34. The SMILES string of the molecule is NC(=O)COc1c(Br)cc(CNCc2ccccc2)cc1Br. The maximum Gasteiger partial charge on any atom is 0.255 e. The first-order chi connectivity index (χ1) is 10.6. The van der Waals surface area contributed by atoms with Crippen LogP contribution in [-0.2, 0) is 17.9 Å². The number of carbonyl (C=O) groups is 1. The van der Waals surface area contributed by atoms with Crippen molar-refractivity contribution in [1.29, 1.82) is 0 Å². The summed E-state index contributed by atoms with van der Waals surface area (Å²) in [5, 5.41) is 3.39. The van der Waals surface area contributed by atoms with Crippen molar-refractivity contribution in [3.8, 4) is 5.75 Å². The van der Waals surface area contributed by atoms with Gasteiger partial charge in [-0.2, -0.15) is 0 Å². The molecule has 0 spiro atoms. The molecule has 3 N–H and O–H groups in total. The van der Waals surface area contributed by atoms with Crippen LogP contribution in [-0.4, -0.2) is 12.5 Å². The zero-order valence-electron chi connectivity index (χ0n) is 11.8. The van der Waals surface area contributed by atoms with Crippen LogP contribution in [0.1, 0.15) is 11.1 Å². The number of nitrogens with one attached hydrogen (secondary N) is 1. The van der Waals surface area contributed by atoms with Crippen LogP contribution in [0.25, 0.3) is 0 Å². The first-order valence-corrected chi connectivity index (χ1v) is 8.28. The average molecular weight is 428 g/mol. The van der Waals surface area contributed by atoms with E-state index < -0.39 is 5.91 Å². The molecule has 2 rings (SSSR count).